The van der Waals surface area contributed by atoms with E-state index in [-0.39, 0.29) is 0 Å². The Hall–Kier alpha value is -1.87. The zero-order chi connectivity index (χ0) is 15.8. The monoisotopic (exact) mass is 298 g/mol. The molecule has 0 spiro atoms. The van der Waals surface area contributed by atoms with Crippen LogP contribution >= 0.6 is 0 Å². The van der Waals surface area contributed by atoms with Crippen LogP contribution in [0.5, 0.6) is 5.75 Å². The zero-order valence-corrected chi connectivity index (χ0v) is 13.8. The van der Waals surface area contributed by atoms with E-state index >= 15 is 0 Å². The minimum atomic E-state index is 0.679. The molecule has 0 aliphatic carbocycles. The minimum absolute atomic E-state index is 0.679. The first-order valence-corrected chi connectivity index (χ1v) is 7.98. The van der Waals surface area contributed by atoms with E-state index < -0.39 is 0 Å². The van der Waals surface area contributed by atoms with Crippen molar-refractivity contribution in [1.29, 1.82) is 0 Å². The molecular weight excluding hydrogens is 272 g/mol. The second kappa shape index (κ2) is 8.54. The van der Waals surface area contributed by atoms with Crippen molar-refractivity contribution in [3.05, 3.63) is 59.4 Å². The first-order chi connectivity index (χ1) is 10.6. The van der Waals surface area contributed by atoms with Crippen LogP contribution in [0.25, 0.3) is 0 Å². The molecule has 0 radical (unpaired) electrons. The maximum atomic E-state index is 5.73. The van der Waals surface area contributed by atoms with Gasteiger partial charge in [-0.15, -0.1) is 0 Å². The zero-order valence-electron chi connectivity index (χ0n) is 13.8. The van der Waals surface area contributed by atoms with Gasteiger partial charge >= 0.3 is 0 Å². The third kappa shape index (κ3) is 5.49. The summed E-state index contributed by atoms with van der Waals surface area (Å²) in [6, 6.07) is 12.4. The van der Waals surface area contributed by atoms with Crippen LogP contribution in [0.3, 0.4) is 0 Å². The van der Waals surface area contributed by atoms with Crippen molar-refractivity contribution in [2.24, 2.45) is 5.92 Å². The van der Waals surface area contributed by atoms with Crippen LogP contribution < -0.4 is 10.1 Å². The summed E-state index contributed by atoms with van der Waals surface area (Å²) in [7, 11) is 0. The normalized spacial score (nSPS) is 10.9. The van der Waals surface area contributed by atoms with Crippen molar-refractivity contribution in [3.8, 4) is 5.75 Å². The topological polar surface area (TPSA) is 34.2 Å². The molecule has 1 aromatic carbocycles. The van der Waals surface area contributed by atoms with E-state index in [9.17, 15) is 0 Å². The predicted octanol–water partition coefficient (Wildman–Crippen LogP) is 4.10. The Morgan fingerprint density at radius 2 is 1.86 bits per heavy atom. The van der Waals surface area contributed by atoms with Crippen molar-refractivity contribution in [3.63, 3.8) is 0 Å². The van der Waals surface area contributed by atoms with Crippen LogP contribution in [0.15, 0.2) is 42.6 Å². The van der Waals surface area contributed by atoms with Crippen molar-refractivity contribution >= 4 is 0 Å². The Kier molecular flexibility index (Phi) is 6.41. The van der Waals surface area contributed by atoms with Crippen LogP contribution in [0.1, 0.15) is 37.1 Å². The average molecular weight is 298 g/mol. The molecule has 22 heavy (non-hydrogen) atoms. The Bertz CT molecular complexity index is 564. The van der Waals surface area contributed by atoms with Gasteiger partial charge in [-0.1, -0.05) is 32.0 Å². The molecule has 0 saturated carbocycles. The highest BCUT2D eigenvalue weighted by molar-refractivity contribution is 5.27. The molecule has 1 heterocycles. The van der Waals surface area contributed by atoms with Gasteiger partial charge in [-0.25, -0.2) is 0 Å². The molecular formula is C19H26N2O. The van der Waals surface area contributed by atoms with Gasteiger partial charge in [-0.3, -0.25) is 4.98 Å². The second-order valence-electron chi connectivity index (χ2n) is 6.05. The van der Waals surface area contributed by atoms with Gasteiger partial charge in [0.2, 0.25) is 0 Å². The molecule has 3 nitrogen and oxygen atoms in total. The fourth-order valence-corrected chi connectivity index (χ4v) is 2.14. The number of nitrogens with one attached hydrogen (secondary N) is 1. The lowest BCUT2D eigenvalue weighted by molar-refractivity contribution is 0.289. The molecule has 0 bridgehead atoms. The highest BCUT2D eigenvalue weighted by Gasteiger charge is 2.00. The number of rotatable bonds is 8. The van der Waals surface area contributed by atoms with Gasteiger partial charge in [-0.05, 0) is 48.6 Å². The molecule has 2 rings (SSSR count). The van der Waals surface area contributed by atoms with E-state index in [1.54, 1.807) is 0 Å². The lowest BCUT2D eigenvalue weighted by Crippen LogP contribution is -2.14. The number of benzene rings is 1. The highest BCUT2D eigenvalue weighted by atomic mass is 16.5. The van der Waals surface area contributed by atoms with Crippen LogP contribution in [0.2, 0.25) is 0 Å². The summed E-state index contributed by atoms with van der Waals surface area (Å²) < 4.78 is 5.73. The van der Waals surface area contributed by atoms with Crippen molar-refractivity contribution in [1.82, 2.24) is 10.3 Å². The third-order valence-corrected chi connectivity index (χ3v) is 3.63. The number of nitrogens with zero attached hydrogens (tertiary/aromatic N) is 1. The molecule has 0 unspecified atom stereocenters. The molecule has 1 N–H and O–H groups in total. The summed E-state index contributed by atoms with van der Waals surface area (Å²) >= 11 is 0. The van der Waals surface area contributed by atoms with E-state index in [0.29, 0.717) is 5.92 Å². The number of pyridine rings is 1. The van der Waals surface area contributed by atoms with E-state index in [0.717, 1.165) is 37.6 Å². The summed E-state index contributed by atoms with van der Waals surface area (Å²) in [4.78, 5) is 4.39. The maximum Gasteiger partial charge on any atom is 0.119 e. The van der Waals surface area contributed by atoms with Crippen molar-refractivity contribution in [2.45, 2.75) is 40.3 Å². The summed E-state index contributed by atoms with van der Waals surface area (Å²) in [6.07, 6.45) is 2.93. The van der Waals surface area contributed by atoms with Crippen molar-refractivity contribution in [2.75, 3.05) is 6.61 Å². The molecule has 0 saturated heterocycles. The molecule has 0 aliphatic rings. The van der Waals surface area contributed by atoms with Crippen LogP contribution in [0, 0.1) is 12.8 Å². The van der Waals surface area contributed by atoms with Gasteiger partial charge in [0.1, 0.15) is 5.75 Å². The van der Waals surface area contributed by atoms with E-state index in [2.05, 4.69) is 49.3 Å². The van der Waals surface area contributed by atoms with Crippen LogP contribution in [0.4, 0.5) is 0 Å². The van der Waals surface area contributed by atoms with E-state index in [1.807, 2.05) is 24.4 Å². The van der Waals surface area contributed by atoms with Gasteiger partial charge in [0, 0.05) is 19.3 Å². The Balaban J connectivity index is 1.75. The SMILES string of the molecule is Cc1cccnc1CNCc1ccc(OCCC(C)C)cc1. The molecule has 0 atom stereocenters. The summed E-state index contributed by atoms with van der Waals surface area (Å²) in [5.41, 5.74) is 3.59. The molecule has 0 amide bonds. The van der Waals surface area contributed by atoms with Gasteiger partial charge in [0.15, 0.2) is 0 Å². The van der Waals surface area contributed by atoms with Gasteiger partial charge in [-0.2, -0.15) is 0 Å². The quantitative estimate of drug-likeness (QED) is 0.796. The van der Waals surface area contributed by atoms with E-state index in [4.69, 9.17) is 4.74 Å². The van der Waals surface area contributed by atoms with Crippen LogP contribution in [-0.2, 0) is 13.1 Å². The van der Waals surface area contributed by atoms with E-state index in [1.165, 1.54) is 11.1 Å². The Morgan fingerprint density at radius 3 is 2.55 bits per heavy atom. The number of aryl methyl sites for hydroxylation is 1. The Labute approximate surface area is 133 Å². The number of aromatic nitrogens is 1. The lowest BCUT2D eigenvalue weighted by atomic mass is 10.1. The number of ether oxygens (including phenoxy) is 1. The van der Waals surface area contributed by atoms with Crippen LogP contribution in [-0.4, -0.2) is 11.6 Å². The molecule has 3 heteroatoms. The standard InChI is InChI=1S/C19H26N2O/c1-15(2)10-12-22-18-8-6-17(7-9-18)13-20-14-19-16(3)5-4-11-21-19/h4-9,11,15,20H,10,12-14H2,1-3H3. The van der Waals surface area contributed by atoms with Gasteiger partial charge < -0.3 is 10.1 Å². The summed E-state index contributed by atoms with van der Waals surface area (Å²) in [6.45, 7) is 8.92. The first-order valence-electron chi connectivity index (χ1n) is 7.98. The maximum absolute atomic E-state index is 5.73. The molecule has 1 aromatic heterocycles. The molecule has 118 valence electrons. The molecule has 0 fully saturated rings. The first kappa shape index (κ1) is 16.5. The minimum Gasteiger partial charge on any atom is -0.494 e. The third-order valence-electron chi connectivity index (χ3n) is 3.63. The number of hydrogen-bond acceptors (Lipinski definition) is 3. The number of hydrogen-bond donors (Lipinski definition) is 1. The Morgan fingerprint density at radius 1 is 1.09 bits per heavy atom. The largest absolute Gasteiger partial charge is 0.494 e. The van der Waals surface area contributed by atoms with Gasteiger partial charge in [0.05, 0.1) is 12.3 Å². The molecule has 0 aliphatic heterocycles. The summed E-state index contributed by atoms with van der Waals surface area (Å²) in [5, 5.41) is 3.43. The predicted molar refractivity (Wildman–Crippen MR) is 90.9 cm³/mol. The second-order valence-corrected chi connectivity index (χ2v) is 6.05. The average Bonchev–Trinajstić information content (AvgIpc) is 2.50. The lowest BCUT2D eigenvalue weighted by Gasteiger charge is -2.10. The van der Waals surface area contributed by atoms with Gasteiger partial charge in [0.25, 0.3) is 0 Å². The smallest absolute Gasteiger partial charge is 0.119 e. The van der Waals surface area contributed by atoms with Crippen molar-refractivity contribution < 1.29 is 4.74 Å². The summed E-state index contributed by atoms with van der Waals surface area (Å²) in [5.74, 6) is 1.63. The fourth-order valence-electron chi connectivity index (χ4n) is 2.14. The fraction of sp³-hybridized carbons (Fsp3) is 0.421. The highest BCUT2D eigenvalue weighted by Crippen LogP contribution is 2.13. The molecule has 2 aromatic rings.